The van der Waals surface area contributed by atoms with E-state index >= 15 is 0 Å². The van der Waals surface area contributed by atoms with Crippen molar-refractivity contribution in [3.8, 4) is 17.2 Å². The largest absolute Gasteiger partial charge is 0.493 e. The predicted octanol–water partition coefficient (Wildman–Crippen LogP) is 4.35. The Bertz CT molecular complexity index is 872. The van der Waals surface area contributed by atoms with Crippen LogP contribution < -0.4 is 14.2 Å². The van der Waals surface area contributed by atoms with Crippen molar-refractivity contribution in [2.45, 2.75) is 0 Å². The van der Waals surface area contributed by atoms with E-state index in [1.165, 1.54) is 21.3 Å². The Morgan fingerprint density at radius 3 is 2.12 bits per heavy atom. The summed E-state index contributed by atoms with van der Waals surface area (Å²) in [6, 6.07) is 10.6. The molecule has 5 nitrogen and oxygen atoms in total. The van der Waals surface area contributed by atoms with Gasteiger partial charge in [-0.1, -0.05) is 11.6 Å². The summed E-state index contributed by atoms with van der Waals surface area (Å²) in [6.07, 6.45) is 3.39. The van der Waals surface area contributed by atoms with E-state index in [-0.39, 0.29) is 0 Å². The van der Waals surface area contributed by atoms with Gasteiger partial charge in [0.15, 0.2) is 11.5 Å². The maximum Gasteiger partial charge on any atom is 0.343 e. The van der Waals surface area contributed by atoms with Crippen molar-refractivity contribution in [3.05, 3.63) is 64.2 Å². The summed E-state index contributed by atoms with van der Waals surface area (Å²) in [7, 11) is 4.61. The van der Waals surface area contributed by atoms with Crippen LogP contribution >= 0.6 is 11.6 Å². The molecule has 1 aliphatic heterocycles. The highest BCUT2D eigenvalue weighted by Gasteiger charge is 2.22. The number of benzene rings is 2. The zero-order chi connectivity index (χ0) is 18.7. The van der Waals surface area contributed by atoms with Gasteiger partial charge in [-0.05, 0) is 54.1 Å². The Hall–Kier alpha value is -2.92. The van der Waals surface area contributed by atoms with Crippen LogP contribution in [0.4, 0.5) is 0 Å². The van der Waals surface area contributed by atoms with Crippen LogP contribution in [0.5, 0.6) is 17.2 Å². The van der Waals surface area contributed by atoms with E-state index in [1.54, 1.807) is 48.6 Å². The highest BCUT2D eigenvalue weighted by Crippen LogP contribution is 2.39. The molecule has 0 radical (unpaired) electrons. The van der Waals surface area contributed by atoms with Crippen LogP contribution in [0.1, 0.15) is 11.1 Å². The lowest BCUT2D eigenvalue weighted by molar-refractivity contribution is -0.130. The minimum Gasteiger partial charge on any atom is -0.493 e. The number of esters is 1. The molecule has 0 saturated heterocycles. The smallest absolute Gasteiger partial charge is 0.343 e. The molecule has 6 heteroatoms. The van der Waals surface area contributed by atoms with Crippen LogP contribution in [-0.2, 0) is 9.53 Å². The summed E-state index contributed by atoms with van der Waals surface area (Å²) in [4.78, 5) is 12.2. The topological polar surface area (TPSA) is 54.0 Å². The minimum atomic E-state index is -0.427. The second-order valence-electron chi connectivity index (χ2n) is 5.46. The van der Waals surface area contributed by atoms with Crippen molar-refractivity contribution in [1.82, 2.24) is 0 Å². The van der Waals surface area contributed by atoms with Gasteiger partial charge in [-0.25, -0.2) is 4.79 Å². The van der Waals surface area contributed by atoms with Crippen LogP contribution in [0, 0.1) is 0 Å². The van der Waals surface area contributed by atoms with E-state index < -0.39 is 5.97 Å². The second kappa shape index (κ2) is 7.54. The van der Waals surface area contributed by atoms with E-state index in [4.69, 9.17) is 30.5 Å². The van der Waals surface area contributed by atoms with Crippen LogP contribution in [0.15, 0.2) is 48.0 Å². The van der Waals surface area contributed by atoms with Crippen LogP contribution in [0.2, 0.25) is 5.02 Å². The average molecular weight is 373 g/mol. The van der Waals surface area contributed by atoms with Crippen LogP contribution in [0.25, 0.3) is 11.8 Å². The summed E-state index contributed by atoms with van der Waals surface area (Å²) >= 11 is 5.89. The Morgan fingerprint density at radius 1 is 0.962 bits per heavy atom. The molecule has 0 unspecified atom stereocenters. The molecule has 1 aliphatic rings. The fraction of sp³-hybridized carbons (Fsp3) is 0.150. The third kappa shape index (κ3) is 3.53. The van der Waals surface area contributed by atoms with Gasteiger partial charge in [-0.15, -0.1) is 0 Å². The third-order valence-electron chi connectivity index (χ3n) is 3.86. The van der Waals surface area contributed by atoms with E-state index in [1.807, 2.05) is 0 Å². The maximum atomic E-state index is 12.2. The number of carbonyl (C=O) groups is 1. The minimum absolute atomic E-state index is 0.421. The molecule has 0 fully saturated rings. The van der Waals surface area contributed by atoms with Crippen molar-refractivity contribution in [2.75, 3.05) is 21.3 Å². The molecule has 0 atom stereocenters. The van der Waals surface area contributed by atoms with Crippen LogP contribution in [-0.4, -0.2) is 27.3 Å². The lowest BCUT2D eigenvalue weighted by atomic mass is 10.1. The second-order valence-corrected chi connectivity index (χ2v) is 5.90. The van der Waals surface area contributed by atoms with Crippen molar-refractivity contribution in [3.63, 3.8) is 0 Å². The average Bonchev–Trinajstić information content (AvgIpc) is 3.01. The zero-order valence-electron chi connectivity index (χ0n) is 14.5. The van der Waals surface area contributed by atoms with Gasteiger partial charge in [0.25, 0.3) is 0 Å². The molecule has 1 heterocycles. The number of hydrogen-bond donors (Lipinski definition) is 0. The van der Waals surface area contributed by atoms with Crippen LogP contribution in [0.3, 0.4) is 0 Å². The molecular formula is C20H17ClO5. The standard InChI is InChI=1S/C20H17ClO5/c1-23-17-9-12(10-18(24-2)19(17)25-3)8-14-11-16(26-20(14)22)13-4-6-15(21)7-5-13/h4-11H,1-3H3/b14-8+. The van der Waals surface area contributed by atoms with Gasteiger partial charge in [0.2, 0.25) is 5.75 Å². The zero-order valence-corrected chi connectivity index (χ0v) is 15.3. The molecule has 3 rings (SSSR count). The van der Waals surface area contributed by atoms with Gasteiger partial charge in [-0.3, -0.25) is 0 Å². The Kier molecular flexibility index (Phi) is 5.19. The highest BCUT2D eigenvalue weighted by molar-refractivity contribution is 6.30. The normalized spacial score (nSPS) is 14.8. The number of hydrogen-bond acceptors (Lipinski definition) is 5. The lowest BCUT2D eigenvalue weighted by Crippen LogP contribution is -1.98. The summed E-state index contributed by atoms with van der Waals surface area (Å²) < 4.78 is 21.3. The Balaban J connectivity index is 1.99. The predicted molar refractivity (Wildman–Crippen MR) is 99.6 cm³/mol. The molecule has 0 N–H and O–H groups in total. The number of rotatable bonds is 5. The molecule has 0 aromatic heterocycles. The summed E-state index contributed by atoms with van der Waals surface area (Å²) in [5.41, 5.74) is 1.92. The first-order chi connectivity index (χ1) is 12.5. The molecule has 0 saturated carbocycles. The van der Waals surface area contributed by atoms with Gasteiger partial charge in [0.1, 0.15) is 5.76 Å². The molecule has 134 valence electrons. The monoisotopic (exact) mass is 372 g/mol. The number of cyclic esters (lactones) is 1. The summed E-state index contributed by atoms with van der Waals surface area (Å²) in [5.74, 6) is 1.55. The first kappa shape index (κ1) is 17.9. The number of carbonyl (C=O) groups excluding carboxylic acids is 1. The molecule has 26 heavy (non-hydrogen) atoms. The van der Waals surface area contributed by atoms with Crippen molar-refractivity contribution in [2.24, 2.45) is 0 Å². The molecular weight excluding hydrogens is 356 g/mol. The number of methoxy groups -OCH3 is 3. The molecule has 0 spiro atoms. The summed E-state index contributed by atoms with van der Waals surface area (Å²) in [5, 5.41) is 0.617. The molecule has 0 aliphatic carbocycles. The number of halogens is 1. The Labute approximate surface area is 156 Å². The SMILES string of the molecule is COc1cc(/C=C2\C=C(c3ccc(Cl)cc3)OC2=O)cc(OC)c1OC. The van der Waals surface area contributed by atoms with Gasteiger partial charge < -0.3 is 18.9 Å². The fourth-order valence-corrected chi connectivity index (χ4v) is 2.74. The van der Waals surface area contributed by atoms with E-state index in [2.05, 4.69) is 0 Å². The first-order valence-electron chi connectivity index (χ1n) is 7.77. The molecule has 2 aromatic rings. The quantitative estimate of drug-likeness (QED) is 0.577. The fourth-order valence-electron chi connectivity index (χ4n) is 2.61. The van der Waals surface area contributed by atoms with E-state index in [0.717, 1.165) is 11.1 Å². The highest BCUT2D eigenvalue weighted by atomic mass is 35.5. The van der Waals surface area contributed by atoms with E-state index in [9.17, 15) is 4.79 Å². The van der Waals surface area contributed by atoms with Gasteiger partial charge >= 0.3 is 5.97 Å². The van der Waals surface area contributed by atoms with E-state index in [0.29, 0.717) is 33.6 Å². The molecule has 0 amide bonds. The summed E-state index contributed by atoms with van der Waals surface area (Å²) in [6.45, 7) is 0. The molecule has 0 bridgehead atoms. The maximum absolute atomic E-state index is 12.2. The van der Waals surface area contributed by atoms with Gasteiger partial charge in [0.05, 0.1) is 26.9 Å². The Morgan fingerprint density at radius 2 is 1.58 bits per heavy atom. The first-order valence-corrected chi connectivity index (χ1v) is 8.15. The van der Waals surface area contributed by atoms with Crippen molar-refractivity contribution < 1.29 is 23.7 Å². The van der Waals surface area contributed by atoms with Crippen molar-refractivity contribution >= 4 is 29.4 Å². The van der Waals surface area contributed by atoms with Crippen molar-refractivity contribution in [1.29, 1.82) is 0 Å². The van der Waals surface area contributed by atoms with Gasteiger partial charge in [-0.2, -0.15) is 0 Å². The third-order valence-corrected chi connectivity index (χ3v) is 4.11. The van der Waals surface area contributed by atoms with Gasteiger partial charge in [0, 0.05) is 10.6 Å². The number of ether oxygens (including phenoxy) is 4. The molecule has 2 aromatic carbocycles. The lowest BCUT2D eigenvalue weighted by Gasteiger charge is -2.12.